The van der Waals surface area contributed by atoms with Crippen molar-refractivity contribution in [3.05, 3.63) is 11.6 Å². The van der Waals surface area contributed by atoms with Crippen LogP contribution in [-0.2, 0) is 19.1 Å². The Morgan fingerprint density at radius 2 is 2.46 bits per heavy atom. The highest BCUT2D eigenvalue weighted by Crippen LogP contribution is 2.06. The van der Waals surface area contributed by atoms with Gasteiger partial charge in [0.1, 0.15) is 13.2 Å². The average Bonchev–Trinajstić information content (AvgIpc) is 2.49. The van der Waals surface area contributed by atoms with E-state index in [9.17, 15) is 9.59 Å². The monoisotopic (exact) mass is 184 g/mol. The van der Waals surface area contributed by atoms with E-state index < -0.39 is 0 Å². The number of esters is 2. The van der Waals surface area contributed by atoms with Crippen molar-refractivity contribution in [1.82, 2.24) is 0 Å². The summed E-state index contributed by atoms with van der Waals surface area (Å²) in [4.78, 5) is 21.5. The van der Waals surface area contributed by atoms with Crippen LogP contribution in [0.2, 0.25) is 0 Å². The van der Waals surface area contributed by atoms with Gasteiger partial charge in [-0.3, -0.25) is 4.79 Å². The molecule has 0 saturated carbocycles. The molecule has 0 saturated heterocycles. The van der Waals surface area contributed by atoms with Crippen LogP contribution in [0.25, 0.3) is 0 Å². The number of rotatable bonds is 4. The molecule has 1 aliphatic rings. The summed E-state index contributed by atoms with van der Waals surface area (Å²) >= 11 is 0. The molecule has 0 bridgehead atoms. The molecule has 1 rings (SSSR count). The van der Waals surface area contributed by atoms with Crippen molar-refractivity contribution in [2.45, 2.75) is 19.8 Å². The highest BCUT2D eigenvalue weighted by Gasteiger charge is 2.13. The first-order valence-electron chi connectivity index (χ1n) is 4.24. The van der Waals surface area contributed by atoms with Crippen LogP contribution in [0.3, 0.4) is 0 Å². The van der Waals surface area contributed by atoms with Crippen LogP contribution in [0.5, 0.6) is 0 Å². The Hall–Kier alpha value is -1.32. The Bertz CT molecular complexity index is 242. The molecule has 0 aromatic carbocycles. The molecule has 0 aliphatic carbocycles. The molecule has 1 heterocycles. The van der Waals surface area contributed by atoms with Gasteiger partial charge in [-0.25, -0.2) is 4.79 Å². The van der Waals surface area contributed by atoms with Crippen molar-refractivity contribution in [3.8, 4) is 0 Å². The summed E-state index contributed by atoms with van der Waals surface area (Å²) in [5, 5.41) is 0. The molecule has 0 amide bonds. The molecular weight excluding hydrogens is 172 g/mol. The summed E-state index contributed by atoms with van der Waals surface area (Å²) in [5.41, 5.74) is 0.717. The van der Waals surface area contributed by atoms with Gasteiger partial charge in [-0.15, -0.1) is 0 Å². The van der Waals surface area contributed by atoms with E-state index in [-0.39, 0.29) is 25.2 Å². The van der Waals surface area contributed by atoms with E-state index in [1.807, 2.05) is 6.92 Å². The molecule has 0 atom stereocenters. The lowest BCUT2D eigenvalue weighted by molar-refractivity contribution is -0.142. The fraction of sp³-hybridized carbons (Fsp3) is 0.556. The van der Waals surface area contributed by atoms with Gasteiger partial charge in [-0.2, -0.15) is 0 Å². The zero-order chi connectivity index (χ0) is 9.68. The first-order valence-corrected chi connectivity index (χ1v) is 4.24. The predicted octanol–water partition coefficient (Wildman–Crippen LogP) is 0.813. The topological polar surface area (TPSA) is 52.6 Å². The van der Waals surface area contributed by atoms with Crippen molar-refractivity contribution >= 4 is 11.9 Å². The van der Waals surface area contributed by atoms with E-state index in [4.69, 9.17) is 4.74 Å². The van der Waals surface area contributed by atoms with Gasteiger partial charge in [-0.05, 0) is 6.42 Å². The number of cyclic esters (lactones) is 1. The highest BCUT2D eigenvalue weighted by atomic mass is 16.5. The molecule has 72 valence electrons. The second-order valence-corrected chi connectivity index (χ2v) is 2.82. The lowest BCUT2D eigenvalue weighted by atomic mass is 10.3. The van der Waals surface area contributed by atoms with Crippen LogP contribution in [0, 0.1) is 0 Å². The zero-order valence-electron chi connectivity index (χ0n) is 7.54. The third-order valence-corrected chi connectivity index (χ3v) is 1.59. The first-order chi connectivity index (χ1) is 6.22. The van der Waals surface area contributed by atoms with Crippen molar-refractivity contribution < 1.29 is 19.1 Å². The standard InChI is InChI=1S/C9H12O4/c1-2-3-8(10)12-5-7-4-9(11)13-6-7/h4H,2-3,5-6H2,1H3. The fourth-order valence-corrected chi connectivity index (χ4v) is 0.947. The van der Waals surface area contributed by atoms with Crippen molar-refractivity contribution in [2.24, 2.45) is 0 Å². The van der Waals surface area contributed by atoms with Crippen molar-refractivity contribution in [1.29, 1.82) is 0 Å². The van der Waals surface area contributed by atoms with Crippen molar-refractivity contribution in [2.75, 3.05) is 13.2 Å². The van der Waals surface area contributed by atoms with E-state index in [0.29, 0.717) is 6.42 Å². The summed E-state index contributed by atoms with van der Waals surface area (Å²) in [5.74, 6) is -0.593. The zero-order valence-corrected chi connectivity index (χ0v) is 7.54. The Balaban J connectivity index is 2.23. The molecule has 4 heteroatoms. The molecular formula is C9H12O4. The van der Waals surface area contributed by atoms with Crippen LogP contribution < -0.4 is 0 Å². The summed E-state index contributed by atoms with van der Waals surface area (Å²) in [6.07, 6.45) is 2.55. The molecule has 0 spiro atoms. The highest BCUT2D eigenvalue weighted by molar-refractivity contribution is 5.85. The quantitative estimate of drug-likeness (QED) is 0.607. The SMILES string of the molecule is CCCC(=O)OCC1=CC(=O)OC1. The molecule has 0 fully saturated rings. The minimum absolute atomic E-state index is 0.171. The maximum atomic E-state index is 10.9. The summed E-state index contributed by atoms with van der Waals surface area (Å²) in [6, 6.07) is 0. The number of carbonyl (C=O) groups excluding carboxylic acids is 2. The third kappa shape index (κ3) is 3.27. The second kappa shape index (κ2) is 4.64. The number of hydrogen-bond acceptors (Lipinski definition) is 4. The maximum absolute atomic E-state index is 10.9. The molecule has 13 heavy (non-hydrogen) atoms. The maximum Gasteiger partial charge on any atom is 0.331 e. The van der Waals surface area contributed by atoms with Gasteiger partial charge < -0.3 is 9.47 Å². The van der Waals surface area contributed by atoms with Crippen LogP contribution in [-0.4, -0.2) is 25.2 Å². The van der Waals surface area contributed by atoms with E-state index in [0.717, 1.165) is 12.0 Å². The van der Waals surface area contributed by atoms with Gasteiger partial charge in [0, 0.05) is 18.1 Å². The molecule has 0 aromatic heterocycles. The largest absolute Gasteiger partial charge is 0.461 e. The summed E-state index contributed by atoms with van der Waals surface area (Å²) in [7, 11) is 0. The summed E-state index contributed by atoms with van der Waals surface area (Å²) in [6.45, 7) is 2.32. The van der Waals surface area contributed by atoms with Gasteiger partial charge in [0.25, 0.3) is 0 Å². The molecule has 0 aromatic rings. The Labute approximate surface area is 76.5 Å². The average molecular weight is 184 g/mol. The lowest BCUT2D eigenvalue weighted by Crippen LogP contribution is -2.07. The molecule has 0 unspecified atom stereocenters. The van der Waals surface area contributed by atoms with Crippen LogP contribution in [0.1, 0.15) is 19.8 Å². The lowest BCUT2D eigenvalue weighted by Gasteiger charge is -2.02. The van der Waals surface area contributed by atoms with Gasteiger partial charge in [0.05, 0.1) is 0 Å². The molecule has 4 nitrogen and oxygen atoms in total. The fourth-order valence-electron chi connectivity index (χ4n) is 0.947. The minimum atomic E-state index is -0.360. The normalized spacial score (nSPS) is 15.2. The van der Waals surface area contributed by atoms with Crippen molar-refractivity contribution in [3.63, 3.8) is 0 Å². The predicted molar refractivity (Wildman–Crippen MR) is 44.9 cm³/mol. The number of hydrogen-bond donors (Lipinski definition) is 0. The third-order valence-electron chi connectivity index (χ3n) is 1.59. The Morgan fingerprint density at radius 3 is 3.00 bits per heavy atom. The molecule has 0 radical (unpaired) electrons. The van der Waals surface area contributed by atoms with Gasteiger partial charge in [-0.1, -0.05) is 6.92 Å². The van der Waals surface area contributed by atoms with E-state index in [1.54, 1.807) is 0 Å². The minimum Gasteiger partial charge on any atom is -0.461 e. The number of carbonyl (C=O) groups is 2. The van der Waals surface area contributed by atoms with E-state index >= 15 is 0 Å². The Morgan fingerprint density at radius 1 is 1.69 bits per heavy atom. The van der Waals surface area contributed by atoms with Gasteiger partial charge in [0.15, 0.2) is 0 Å². The molecule has 0 N–H and O–H groups in total. The van der Waals surface area contributed by atoms with Crippen LogP contribution in [0.4, 0.5) is 0 Å². The smallest absolute Gasteiger partial charge is 0.331 e. The van der Waals surface area contributed by atoms with Crippen LogP contribution in [0.15, 0.2) is 11.6 Å². The molecule has 1 aliphatic heterocycles. The Kier molecular flexibility index (Phi) is 3.49. The van der Waals surface area contributed by atoms with Crippen LogP contribution >= 0.6 is 0 Å². The van der Waals surface area contributed by atoms with E-state index in [2.05, 4.69) is 4.74 Å². The number of ether oxygens (including phenoxy) is 2. The summed E-state index contributed by atoms with van der Waals surface area (Å²) < 4.78 is 9.51. The van der Waals surface area contributed by atoms with Gasteiger partial charge in [0.2, 0.25) is 0 Å². The first kappa shape index (κ1) is 9.77. The van der Waals surface area contributed by atoms with Gasteiger partial charge >= 0.3 is 11.9 Å². The van der Waals surface area contributed by atoms with E-state index in [1.165, 1.54) is 6.08 Å². The second-order valence-electron chi connectivity index (χ2n) is 2.82.